The monoisotopic (exact) mass is 314 g/mol. The first-order valence-corrected chi connectivity index (χ1v) is 7.44. The van der Waals surface area contributed by atoms with Gasteiger partial charge < -0.3 is 15.7 Å². The Hall–Kier alpha value is -2.40. The normalized spacial score (nSPS) is 10.0. The molecule has 0 amide bonds. The maximum Gasteiger partial charge on any atom is 0.335 e. The smallest absolute Gasteiger partial charge is 0.335 e. The van der Waals surface area contributed by atoms with Crippen LogP contribution in [0.15, 0.2) is 54.6 Å². The van der Waals surface area contributed by atoms with Crippen molar-refractivity contribution in [2.24, 2.45) is 0 Å². The molecule has 0 unspecified atom stereocenters. The lowest BCUT2D eigenvalue weighted by molar-refractivity contribution is 0.0697. The highest BCUT2D eigenvalue weighted by atomic mass is 32.1. The lowest BCUT2D eigenvalue weighted by Gasteiger charge is -2.10. The number of carbonyl (C=O) groups is 1. The maximum atomic E-state index is 10.8. The fourth-order valence-corrected chi connectivity index (χ4v) is 2.15. The van der Waals surface area contributed by atoms with Gasteiger partial charge in [0.05, 0.1) is 5.56 Å². The van der Waals surface area contributed by atoms with E-state index in [1.807, 2.05) is 18.2 Å². The summed E-state index contributed by atoms with van der Waals surface area (Å²) in [6.07, 6.45) is 0.913. The molecule has 22 heavy (non-hydrogen) atoms. The molecule has 4 nitrogen and oxygen atoms in total. The van der Waals surface area contributed by atoms with Crippen molar-refractivity contribution in [3.63, 3.8) is 0 Å². The number of thiocarbonyl (C=S) groups is 1. The van der Waals surface area contributed by atoms with Crippen LogP contribution in [-0.2, 0) is 13.0 Å². The maximum absolute atomic E-state index is 10.8. The van der Waals surface area contributed by atoms with Crippen LogP contribution in [0.4, 0.5) is 0 Å². The van der Waals surface area contributed by atoms with Crippen molar-refractivity contribution < 1.29 is 9.90 Å². The molecule has 2 rings (SSSR count). The second-order valence-corrected chi connectivity index (χ2v) is 5.26. The van der Waals surface area contributed by atoms with Crippen LogP contribution in [0.25, 0.3) is 0 Å². The van der Waals surface area contributed by atoms with E-state index in [1.54, 1.807) is 24.3 Å². The van der Waals surface area contributed by atoms with Crippen LogP contribution in [0.2, 0.25) is 0 Å². The Morgan fingerprint density at radius 1 is 0.955 bits per heavy atom. The van der Waals surface area contributed by atoms with E-state index in [-0.39, 0.29) is 5.56 Å². The Balaban J connectivity index is 1.70. The summed E-state index contributed by atoms with van der Waals surface area (Å²) in [7, 11) is 0. The van der Waals surface area contributed by atoms with Gasteiger partial charge in [-0.3, -0.25) is 0 Å². The standard InChI is InChI=1S/C17H18N2O2S/c20-16(21)15-8-6-14(7-9-15)12-19-17(22)18-11-10-13-4-2-1-3-5-13/h1-9H,10-12H2,(H,20,21)(H2,18,19,22). The predicted octanol–water partition coefficient (Wildman–Crippen LogP) is 2.59. The lowest BCUT2D eigenvalue weighted by atomic mass is 10.1. The summed E-state index contributed by atoms with van der Waals surface area (Å²) in [5.74, 6) is -0.919. The highest BCUT2D eigenvalue weighted by molar-refractivity contribution is 7.80. The van der Waals surface area contributed by atoms with Crippen LogP contribution in [-0.4, -0.2) is 22.7 Å². The summed E-state index contributed by atoms with van der Waals surface area (Å²) in [5.41, 5.74) is 2.53. The number of benzene rings is 2. The number of hydrogen-bond donors (Lipinski definition) is 3. The summed E-state index contributed by atoms with van der Waals surface area (Å²) in [6, 6.07) is 16.9. The molecule has 0 aliphatic carbocycles. The van der Waals surface area contributed by atoms with Crippen LogP contribution in [0, 0.1) is 0 Å². The van der Waals surface area contributed by atoms with Crippen molar-refractivity contribution in [2.75, 3.05) is 6.54 Å². The number of aromatic carboxylic acids is 1. The van der Waals surface area contributed by atoms with E-state index in [2.05, 4.69) is 22.8 Å². The zero-order valence-corrected chi connectivity index (χ0v) is 12.9. The second kappa shape index (κ2) is 8.14. The van der Waals surface area contributed by atoms with Gasteiger partial charge in [-0.15, -0.1) is 0 Å². The summed E-state index contributed by atoms with van der Waals surface area (Å²) < 4.78 is 0. The zero-order chi connectivity index (χ0) is 15.8. The Morgan fingerprint density at radius 3 is 2.27 bits per heavy atom. The molecule has 0 fully saturated rings. The fraction of sp³-hybridized carbons (Fsp3) is 0.176. The molecule has 2 aromatic rings. The van der Waals surface area contributed by atoms with Crippen LogP contribution in [0.1, 0.15) is 21.5 Å². The third-order valence-corrected chi connectivity index (χ3v) is 3.48. The largest absolute Gasteiger partial charge is 0.478 e. The number of nitrogens with one attached hydrogen (secondary N) is 2. The van der Waals surface area contributed by atoms with Gasteiger partial charge in [0, 0.05) is 13.1 Å². The van der Waals surface area contributed by atoms with E-state index in [9.17, 15) is 4.79 Å². The van der Waals surface area contributed by atoms with Crippen molar-refractivity contribution in [3.8, 4) is 0 Å². The minimum atomic E-state index is -0.919. The SMILES string of the molecule is O=C(O)c1ccc(CNC(=S)NCCc2ccccc2)cc1. The fourth-order valence-electron chi connectivity index (χ4n) is 1.98. The highest BCUT2D eigenvalue weighted by Crippen LogP contribution is 2.04. The molecular weight excluding hydrogens is 296 g/mol. The Bertz CT molecular complexity index is 627. The van der Waals surface area contributed by atoms with E-state index in [1.165, 1.54) is 5.56 Å². The lowest BCUT2D eigenvalue weighted by Crippen LogP contribution is -2.35. The first-order valence-electron chi connectivity index (χ1n) is 7.03. The number of rotatable bonds is 6. The Morgan fingerprint density at radius 2 is 1.64 bits per heavy atom. The summed E-state index contributed by atoms with van der Waals surface area (Å²) >= 11 is 5.22. The van der Waals surface area contributed by atoms with Crippen LogP contribution in [0.5, 0.6) is 0 Å². The minimum absolute atomic E-state index is 0.285. The molecule has 0 bridgehead atoms. The number of hydrogen-bond acceptors (Lipinski definition) is 2. The summed E-state index contributed by atoms with van der Waals surface area (Å²) in [5, 5.41) is 15.7. The predicted molar refractivity (Wildman–Crippen MR) is 91.0 cm³/mol. The molecule has 0 saturated carbocycles. The third-order valence-electron chi connectivity index (χ3n) is 3.20. The molecule has 114 valence electrons. The van der Waals surface area contributed by atoms with E-state index in [4.69, 9.17) is 17.3 Å². The molecule has 0 atom stereocenters. The van der Waals surface area contributed by atoms with Crippen molar-refractivity contribution in [3.05, 3.63) is 71.3 Å². The second-order valence-electron chi connectivity index (χ2n) is 4.85. The third kappa shape index (κ3) is 5.18. The van der Waals surface area contributed by atoms with Crippen molar-refractivity contribution in [2.45, 2.75) is 13.0 Å². The van der Waals surface area contributed by atoms with Gasteiger partial charge >= 0.3 is 5.97 Å². The van der Waals surface area contributed by atoms with Gasteiger partial charge in [0.1, 0.15) is 0 Å². The van der Waals surface area contributed by atoms with Gasteiger partial charge in [0.2, 0.25) is 0 Å². The first-order chi connectivity index (χ1) is 10.6. The molecule has 0 aliphatic heterocycles. The van der Waals surface area contributed by atoms with Gasteiger partial charge in [-0.1, -0.05) is 42.5 Å². The topological polar surface area (TPSA) is 61.4 Å². The van der Waals surface area contributed by atoms with Gasteiger partial charge in [0.25, 0.3) is 0 Å². The molecule has 0 aliphatic rings. The van der Waals surface area contributed by atoms with Crippen LogP contribution >= 0.6 is 12.2 Å². The quantitative estimate of drug-likeness (QED) is 0.716. The number of carboxylic acids is 1. The zero-order valence-electron chi connectivity index (χ0n) is 12.1. The van der Waals surface area contributed by atoms with E-state index < -0.39 is 5.97 Å². The molecule has 3 N–H and O–H groups in total. The van der Waals surface area contributed by atoms with Crippen molar-refractivity contribution >= 4 is 23.3 Å². The van der Waals surface area contributed by atoms with Crippen LogP contribution in [0.3, 0.4) is 0 Å². The van der Waals surface area contributed by atoms with Gasteiger partial charge in [0.15, 0.2) is 5.11 Å². The molecular formula is C17H18N2O2S. The van der Waals surface area contributed by atoms with Crippen molar-refractivity contribution in [1.82, 2.24) is 10.6 Å². The van der Waals surface area contributed by atoms with Crippen LogP contribution < -0.4 is 10.6 Å². The molecule has 0 spiro atoms. The van der Waals surface area contributed by atoms with E-state index in [0.29, 0.717) is 11.7 Å². The molecule has 5 heteroatoms. The minimum Gasteiger partial charge on any atom is -0.478 e. The summed E-state index contributed by atoms with van der Waals surface area (Å²) in [6.45, 7) is 1.34. The molecule has 0 heterocycles. The molecule has 0 aromatic heterocycles. The van der Waals surface area contributed by atoms with Crippen molar-refractivity contribution in [1.29, 1.82) is 0 Å². The Kier molecular flexibility index (Phi) is 5.91. The average molecular weight is 314 g/mol. The molecule has 2 aromatic carbocycles. The van der Waals surface area contributed by atoms with E-state index in [0.717, 1.165) is 18.5 Å². The van der Waals surface area contributed by atoms with Gasteiger partial charge in [-0.2, -0.15) is 0 Å². The highest BCUT2D eigenvalue weighted by Gasteiger charge is 2.02. The number of carboxylic acid groups (broad SMARTS) is 1. The Labute approximate surface area is 135 Å². The average Bonchev–Trinajstić information content (AvgIpc) is 2.54. The molecule has 0 saturated heterocycles. The molecule has 0 radical (unpaired) electrons. The first kappa shape index (κ1) is 16.0. The van der Waals surface area contributed by atoms with Gasteiger partial charge in [-0.25, -0.2) is 4.79 Å². The van der Waals surface area contributed by atoms with E-state index >= 15 is 0 Å². The van der Waals surface area contributed by atoms with Gasteiger partial charge in [-0.05, 0) is 41.9 Å². The summed E-state index contributed by atoms with van der Waals surface area (Å²) in [4.78, 5) is 10.8.